The first-order valence-corrected chi connectivity index (χ1v) is 18.5. The molecule has 4 heteroatoms. The first-order valence-electron chi connectivity index (χ1n) is 18.5. The second-order valence-electron chi connectivity index (χ2n) is 14.0. The van der Waals surface area contributed by atoms with E-state index in [1.807, 2.05) is 30.3 Å². The summed E-state index contributed by atoms with van der Waals surface area (Å²) in [4.78, 5) is 15.4. The summed E-state index contributed by atoms with van der Waals surface area (Å²) in [5, 5.41) is 9.28. The molecular formula is C51H31N3O. The average molecular weight is 702 g/mol. The number of nitrogens with zero attached hydrogens (tertiary/aromatic N) is 3. The van der Waals surface area contributed by atoms with Crippen molar-refractivity contribution in [3.8, 4) is 56.4 Å². The monoisotopic (exact) mass is 701 g/mol. The summed E-state index contributed by atoms with van der Waals surface area (Å²) in [5.74, 6) is 1.76. The van der Waals surface area contributed by atoms with Crippen molar-refractivity contribution in [1.82, 2.24) is 15.0 Å². The predicted octanol–water partition coefficient (Wildman–Crippen LogP) is 13.6. The highest BCUT2D eigenvalue weighted by Gasteiger charge is 2.22. The number of benzene rings is 9. The zero-order chi connectivity index (χ0) is 36.3. The zero-order valence-electron chi connectivity index (χ0n) is 29.6. The van der Waals surface area contributed by atoms with Gasteiger partial charge in [-0.25, -0.2) is 15.0 Å². The van der Waals surface area contributed by atoms with Crippen LogP contribution < -0.4 is 0 Å². The second-order valence-corrected chi connectivity index (χ2v) is 14.0. The molecule has 0 atom stereocenters. The summed E-state index contributed by atoms with van der Waals surface area (Å²) >= 11 is 0. The Bertz CT molecular complexity index is 3260. The third kappa shape index (κ3) is 5.34. The fourth-order valence-electron chi connectivity index (χ4n) is 7.94. The molecule has 256 valence electrons. The summed E-state index contributed by atoms with van der Waals surface area (Å²) in [7, 11) is 0. The van der Waals surface area contributed by atoms with Crippen LogP contribution in [0.15, 0.2) is 192 Å². The van der Waals surface area contributed by atoms with Crippen molar-refractivity contribution in [2.45, 2.75) is 0 Å². The maximum absolute atomic E-state index is 6.88. The second kappa shape index (κ2) is 12.6. The minimum Gasteiger partial charge on any atom is -0.455 e. The summed E-state index contributed by atoms with van der Waals surface area (Å²) in [5.41, 5.74) is 8.73. The van der Waals surface area contributed by atoms with E-state index >= 15 is 0 Å². The van der Waals surface area contributed by atoms with Crippen LogP contribution in [0.3, 0.4) is 0 Å². The van der Waals surface area contributed by atoms with Crippen LogP contribution in [0, 0.1) is 0 Å². The molecule has 4 nitrogen and oxygen atoms in total. The molecule has 0 saturated carbocycles. The Kier molecular flexibility index (Phi) is 7.14. The Morgan fingerprint density at radius 2 is 0.818 bits per heavy atom. The van der Waals surface area contributed by atoms with Crippen molar-refractivity contribution in [2.75, 3.05) is 0 Å². The molecule has 55 heavy (non-hydrogen) atoms. The van der Waals surface area contributed by atoms with Crippen LogP contribution in [0.25, 0.3) is 111 Å². The lowest BCUT2D eigenvalue weighted by atomic mass is 9.93. The molecule has 2 aromatic heterocycles. The Morgan fingerprint density at radius 3 is 1.55 bits per heavy atom. The predicted molar refractivity (Wildman–Crippen MR) is 227 cm³/mol. The highest BCUT2D eigenvalue weighted by Crippen LogP contribution is 2.44. The normalized spacial score (nSPS) is 11.6. The number of fused-ring (bicyclic) bond motifs is 7. The molecule has 0 bridgehead atoms. The van der Waals surface area contributed by atoms with Crippen LogP contribution in [0.4, 0.5) is 0 Å². The molecule has 0 radical (unpaired) electrons. The van der Waals surface area contributed by atoms with E-state index in [0.29, 0.717) is 17.5 Å². The van der Waals surface area contributed by atoms with Gasteiger partial charge in [-0.3, -0.25) is 0 Å². The summed E-state index contributed by atoms with van der Waals surface area (Å²) in [6, 6.07) is 65.8. The fraction of sp³-hybridized carbons (Fsp3) is 0. The lowest BCUT2D eigenvalue weighted by Gasteiger charge is -2.12. The van der Waals surface area contributed by atoms with Crippen molar-refractivity contribution in [3.63, 3.8) is 0 Å². The molecular weight excluding hydrogens is 671 g/mol. The van der Waals surface area contributed by atoms with Crippen LogP contribution in [0.1, 0.15) is 0 Å². The SMILES string of the molecule is c1ccc(-c2nc(-c3ccc(-c4ccc5ccccc5c4)cc3)nc(-c3ccc(-c4ccc5ccccc5c4)c4c3oc3ccc5ccccc5c34)n2)cc1. The number of hydrogen-bond donors (Lipinski definition) is 0. The summed E-state index contributed by atoms with van der Waals surface area (Å²) < 4.78 is 6.88. The molecule has 11 aromatic rings. The minimum absolute atomic E-state index is 0.556. The molecule has 0 spiro atoms. The van der Waals surface area contributed by atoms with E-state index in [1.54, 1.807) is 0 Å². The van der Waals surface area contributed by atoms with Crippen molar-refractivity contribution in [1.29, 1.82) is 0 Å². The van der Waals surface area contributed by atoms with Gasteiger partial charge >= 0.3 is 0 Å². The van der Waals surface area contributed by atoms with Crippen LogP contribution in [0.2, 0.25) is 0 Å². The van der Waals surface area contributed by atoms with E-state index in [4.69, 9.17) is 19.4 Å². The van der Waals surface area contributed by atoms with Gasteiger partial charge in [0.25, 0.3) is 0 Å². The number of rotatable bonds is 5. The maximum Gasteiger partial charge on any atom is 0.167 e. The fourth-order valence-corrected chi connectivity index (χ4v) is 7.94. The van der Waals surface area contributed by atoms with Gasteiger partial charge in [0.2, 0.25) is 0 Å². The highest BCUT2D eigenvalue weighted by molar-refractivity contribution is 6.24. The van der Waals surface area contributed by atoms with Gasteiger partial charge in [0.15, 0.2) is 17.5 Å². The van der Waals surface area contributed by atoms with Gasteiger partial charge in [0, 0.05) is 21.9 Å². The maximum atomic E-state index is 6.88. The van der Waals surface area contributed by atoms with E-state index < -0.39 is 0 Å². The lowest BCUT2D eigenvalue weighted by molar-refractivity contribution is 0.670. The minimum atomic E-state index is 0.556. The quantitative estimate of drug-likeness (QED) is 0.179. The topological polar surface area (TPSA) is 51.8 Å². The Morgan fingerprint density at radius 1 is 0.309 bits per heavy atom. The van der Waals surface area contributed by atoms with Gasteiger partial charge in [-0.15, -0.1) is 0 Å². The summed E-state index contributed by atoms with van der Waals surface area (Å²) in [6.45, 7) is 0. The molecule has 0 aliphatic heterocycles. The molecule has 0 amide bonds. The van der Waals surface area contributed by atoms with Gasteiger partial charge in [-0.1, -0.05) is 164 Å². The first-order chi connectivity index (χ1) is 27.2. The van der Waals surface area contributed by atoms with Gasteiger partial charge in [-0.05, 0) is 78.8 Å². The van der Waals surface area contributed by atoms with Crippen LogP contribution >= 0.6 is 0 Å². The Balaban J connectivity index is 1.12. The Hall–Kier alpha value is -7.43. The molecule has 11 rings (SSSR count). The van der Waals surface area contributed by atoms with E-state index in [-0.39, 0.29) is 0 Å². The van der Waals surface area contributed by atoms with E-state index in [2.05, 4.69) is 158 Å². The van der Waals surface area contributed by atoms with Gasteiger partial charge < -0.3 is 4.42 Å². The molecule has 0 N–H and O–H groups in total. The van der Waals surface area contributed by atoms with Crippen molar-refractivity contribution < 1.29 is 4.42 Å². The highest BCUT2D eigenvalue weighted by atomic mass is 16.3. The van der Waals surface area contributed by atoms with E-state index in [0.717, 1.165) is 71.7 Å². The van der Waals surface area contributed by atoms with Gasteiger partial charge in [-0.2, -0.15) is 0 Å². The molecule has 9 aromatic carbocycles. The molecule has 0 saturated heterocycles. The molecule has 0 aliphatic rings. The molecule has 0 aliphatic carbocycles. The van der Waals surface area contributed by atoms with Gasteiger partial charge in [0.1, 0.15) is 11.2 Å². The smallest absolute Gasteiger partial charge is 0.167 e. The standard InChI is InChI=1S/C51H31N3O/c1-2-13-36(14-3-1)49-52-50(37-22-18-34(19-23-37)40-24-20-32-10-4-6-15-38(32)30-40)54-51(53-49)44-28-27-43(41-25-21-33-11-5-7-16-39(33)31-41)47-46-42-17-9-8-12-35(42)26-29-45(46)55-48(44)47/h1-31H. The third-order valence-corrected chi connectivity index (χ3v) is 10.7. The Labute approximate surface area is 317 Å². The van der Waals surface area contributed by atoms with Crippen molar-refractivity contribution in [2.24, 2.45) is 0 Å². The van der Waals surface area contributed by atoms with Crippen molar-refractivity contribution in [3.05, 3.63) is 188 Å². The van der Waals surface area contributed by atoms with Crippen molar-refractivity contribution >= 4 is 54.3 Å². The lowest BCUT2D eigenvalue weighted by Crippen LogP contribution is -2.00. The average Bonchev–Trinajstić information content (AvgIpc) is 3.66. The zero-order valence-corrected chi connectivity index (χ0v) is 29.6. The molecule has 0 fully saturated rings. The van der Waals surface area contributed by atoms with E-state index in [9.17, 15) is 0 Å². The molecule has 2 heterocycles. The number of hydrogen-bond acceptors (Lipinski definition) is 4. The van der Waals surface area contributed by atoms with Gasteiger partial charge in [0.05, 0.1) is 5.56 Å². The summed E-state index contributed by atoms with van der Waals surface area (Å²) in [6.07, 6.45) is 0. The first kappa shape index (κ1) is 31.1. The van der Waals surface area contributed by atoms with E-state index in [1.165, 1.54) is 21.5 Å². The third-order valence-electron chi connectivity index (χ3n) is 10.7. The van der Waals surface area contributed by atoms with Crippen LogP contribution in [-0.4, -0.2) is 15.0 Å². The van der Waals surface area contributed by atoms with Crippen LogP contribution in [0.5, 0.6) is 0 Å². The molecule has 0 unspecified atom stereocenters. The largest absolute Gasteiger partial charge is 0.455 e. The number of aromatic nitrogens is 3. The van der Waals surface area contributed by atoms with Crippen LogP contribution in [-0.2, 0) is 0 Å². The number of furan rings is 1.